The number of aliphatic imine (C=N–C) groups is 1. The van der Waals surface area contributed by atoms with Crippen LogP contribution in [-0.2, 0) is 19.1 Å². The van der Waals surface area contributed by atoms with Crippen molar-refractivity contribution in [1.29, 1.82) is 0 Å². The molecule has 0 aliphatic rings. The summed E-state index contributed by atoms with van der Waals surface area (Å²) < 4.78 is 8.96. The minimum absolute atomic E-state index is 0.118. The Morgan fingerprint density at radius 1 is 1.33 bits per heavy atom. The van der Waals surface area contributed by atoms with E-state index in [0.29, 0.717) is 0 Å². The molecule has 0 aromatic carbocycles. The van der Waals surface area contributed by atoms with Crippen LogP contribution in [0.1, 0.15) is 6.42 Å². The molecule has 15 heavy (non-hydrogen) atoms. The minimum Gasteiger partial charge on any atom is -0.469 e. The Balaban J connectivity index is 4.44. The van der Waals surface area contributed by atoms with Crippen LogP contribution in [0.3, 0.4) is 0 Å². The molecule has 6 nitrogen and oxygen atoms in total. The van der Waals surface area contributed by atoms with Crippen LogP contribution in [-0.4, -0.2) is 57.5 Å². The predicted octanol–water partition coefficient (Wildman–Crippen LogP) is -0.319. The number of nitrogens with zero attached hydrogens (tertiary/aromatic N) is 2. The highest BCUT2D eigenvalue weighted by Gasteiger charge is 2.21. The molecule has 0 spiro atoms. The first kappa shape index (κ1) is 13.4. The van der Waals surface area contributed by atoms with Crippen LogP contribution in [0.25, 0.3) is 0 Å². The zero-order chi connectivity index (χ0) is 11.8. The molecule has 0 saturated heterocycles. The molecule has 86 valence electrons. The maximum Gasteiger partial charge on any atom is 0.331 e. The third-order valence-electron chi connectivity index (χ3n) is 1.54. The van der Waals surface area contributed by atoms with Gasteiger partial charge in [0.2, 0.25) is 0 Å². The molecule has 0 fully saturated rings. The third-order valence-corrected chi connectivity index (χ3v) is 1.54. The van der Waals surface area contributed by atoms with Crippen molar-refractivity contribution in [2.75, 3.05) is 28.3 Å². The Labute approximate surface area is 88.9 Å². The summed E-state index contributed by atoms with van der Waals surface area (Å²) in [5, 5.41) is 0. The van der Waals surface area contributed by atoms with E-state index in [1.165, 1.54) is 20.6 Å². The summed E-state index contributed by atoms with van der Waals surface area (Å²) in [5.41, 5.74) is 0. The Hall–Kier alpha value is -1.59. The molecule has 1 atom stereocenters. The van der Waals surface area contributed by atoms with E-state index < -0.39 is 18.0 Å². The van der Waals surface area contributed by atoms with E-state index in [4.69, 9.17) is 0 Å². The molecular formula is C9H16N2O4. The molecule has 0 aliphatic heterocycles. The predicted molar refractivity (Wildman–Crippen MR) is 54.6 cm³/mol. The summed E-state index contributed by atoms with van der Waals surface area (Å²) in [6, 6.07) is -0.843. The molecule has 0 radical (unpaired) electrons. The average Bonchev–Trinajstić information content (AvgIpc) is 2.22. The molecule has 0 rings (SSSR count). The van der Waals surface area contributed by atoms with Gasteiger partial charge < -0.3 is 14.4 Å². The molecular weight excluding hydrogens is 200 g/mol. The van der Waals surface area contributed by atoms with Crippen LogP contribution in [0, 0.1) is 0 Å². The summed E-state index contributed by atoms with van der Waals surface area (Å²) >= 11 is 0. The fourth-order valence-electron chi connectivity index (χ4n) is 0.788. The molecule has 0 aromatic heterocycles. The number of carbonyl (C=O) groups excluding carboxylic acids is 2. The largest absolute Gasteiger partial charge is 0.469 e. The SMILES string of the molecule is COC(=O)CC(N=CN(C)C)C(=O)OC. The lowest BCUT2D eigenvalue weighted by Gasteiger charge is -2.10. The highest BCUT2D eigenvalue weighted by molar-refractivity contribution is 5.83. The Morgan fingerprint density at radius 2 is 1.93 bits per heavy atom. The van der Waals surface area contributed by atoms with Crippen molar-refractivity contribution in [3.8, 4) is 0 Å². The number of esters is 2. The number of rotatable bonds is 5. The summed E-state index contributed by atoms with van der Waals surface area (Å²) in [6.07, 6.45) is 1.33. The number of methoxy groups -OCH3 is 2. The molecule has 0 aromatic rings. The lowest BCUT2D eigenvalue weighted by Crippen LogP contribution is -2.25. The lowest BCUT2D eigenvalue weighted by molar-refractivity contribution is -0.148. The van der Waals surface area contributed by atoms with E-state index in [-0.39, 0.29) is 6.42 Å². The van der Waals surface area contributed by atoms with Gasteiger partial charge in [-0.25, -0.2) is 4.79 Å². The fourth-order valence-corrected chi connectivity index (χ4v) is 0.788. The van der Waals surface area contributed by atoms with E-state index in [1.54, 1.807) is 19.0 Å². The molecule has 6 heteroatoms. The van der Waals surface area contributed by atoms with Crippen molar-refractivity contribution >= 4 is 18.3 Å². The Morgan fingerprint density at radius 3 is 2.33 bits per heavy atom. The summed E-state index contributed by atoms with van der Waals surface area (Å²) in [5.74, 6) is -1.06. The van der Waals surface area contributed by atoms with Crippen molar-refractivity contribution in [2.24, 2.45) is 4.99 Å². The molecule has 0 bridgehead atoms. The van der Waals surface area contributed by atoms with Gasteiger partial charge in [-0.05, 0) is 0 Å². The fraction of sp³-hybridized carbons (Fsp3) is 0.667. The van der Waals surface area contributed by atoms with Gasteiger partial charge in [-0.15, -0.1) is 0 Å². The van der Waals surface area contributed by atoms with E-state index in [9.17, 15) is 9.59 Å². The minimum atomic E-state index is -0.843. The first-order chi connectivity index (χ1) is 7.01. The topological polar surface area (TPSA) is 68.2 Å². The average molecular weight is 216 g/mol. The van der Waals surface area contributed by atoms with Crippen molar-refractivity contribution in [1.82, 2.24) is 4.90 Å². The highest BCUT2D eigenvalue weighted by Crippen LogP contribution is 2.02. The van der Waals surface area contributed by atoms with Crippen molar-refractivity contribution in [2.45, 2.75) is 12.5 Å². The number of ether oxygens (including phenoxy) is 2. The summed E-state index contributed by atoms with van der Waals surface area (Å²) in [7, 11) is 6.02. The van der Waals surface area contributed by atoms with Gasteiger partial charge in [-0.1, -0.05) is 0 Å². The highest BCUT2D eigenvalue weighted by atomic mass is 16.5. The second-order valence-electron chi connectivity index (χ2n) is 3.05. The maximum atomic E-state index is 11.2. The van der Waals surface area contributed by atoms with Crippen LogP contribution in [0.2, 0.25) is 0 Å². The van der Waals surface area contributed by atoms with E-state index in [0.717, 1.165) is 0 Å². The van der Waals surface area contributed by atoms with Gasteiger partial charge in [0.25, 0.3) is 0 Å². The molecule has 0 saturated carbocycles. The molecule has 1 unspecified atom stereocenters. The lowest BCUT2D eigenvalue weighted by atomic mass is 10.2. The van der Waals surface area contributed by atoms with E-state index >= 15 is 0 Å². The maximum absolute atomic E-state index is 11.2. The Bertz CT molecular complexity index is 250. The zero-order valence-corrected chi connectivity index (χ0v) is 9.39. The third kappa shape index (κ3) is 5.66. The van der Waals surface area contributed by atoms with Gasteiger partial charge in [-0.2, -0.15) is 0 Å². The first-order valence-electron chi connectivity index (χ1n) is 4.35. The summed E-state index contributed by atoms with van der Waals surface area (Å²) in [4.78, 5) is 27.8. The van der Waals surface area contributed by atoms with Crippen molar-refractivity contribution in [3.05, 3.63) is 0 Å². The number of hydrogen-bond acceptors (Lipinski definition) is 5. The first-order valence-corrected chi connectivity index (χ1v) is 4.35. The van der Waals surface area contributed by atoms with Crippen LogP contribution < -0.4 is 0 Å². The van der Waals surface area contributed by atoms with Gasteiger partial charge in [0.15, 0.2) is 6.04 Å². The van der Waals surface area contributed by atoms with Crippen LogP contribution in [0.5, 0.6) is 0 Å². The summed E-state index contributed by atoms with van der Waals surface area (Å²) in [6.45, 7) is 0. The van der Waals surface area contributed by atoms with Gasteiger partial charge in [0.05, 0.1) is 27.0 Å². The molecule has 0 aliphatic carbocycles. The number of hydrogen-bond donors (Lipinski definition) is 0. The smallest absolute Gasteiger partial charge is 0.331 e. The Kier molecular flexibility index (Phi) is 6.08. The van der Waals surface area contributed by atoms with Crippen molar-refractivity contribution in [3.63, 3.8) is 0 Å². The van der Waals surface area contributed by atoms with Crippen LogP contribution >= 0.6 is 0 Å². The van der Waals surface area contributed by atoms with Gasteiger partial charge in [0.1, 0.15) is 0 Å². The van der Waals surface area contributed by atoms with Gasteiger partial charge in [0, 0.05) is 14.1 Å². The van der Waals surface area contributed by atoms with Gasteiger partial charge in [-0.3, -0.25) is 9.79 Å². The number of carbonyl (C=O) groups is 2. The second-order valence-corrected chi connectivity index (χ2v) is 3.05. The van der Waals surface area contributed by atoms with Crippen LogP contribution in [0.4, 0.5) is 0 Å². The van der Waals surface area contributed by atoms with Crippen LogP contribution in [0.15, 0.2) is 4.99 Å². The standard InChI is InChI=1S/C9H16N2O4/c1-11(2)6-10-7(9(13)15-4)5-8(12)14-3/h6-7H,5H2,1-4H3. The quantitative estimate of drug-likeness (QED) is 0.358. The zero-order valence-electron chi connectivity index (χ0n) is 9.39. The van der Waals surface area contributed by atoms with E-state index in [2.05, 4.69) is 14.5 Å². The normalized spacial score (nSPS) is 12.3. The second kappa shape index (κ2) is 6.80. The van der Waals surface area contributed by atoms with Gasteiger partial charge >= 0.3 is 11.9 Å². The molecule has 0 amide bonds. The monoisotopic (exact) mass is 216 g/mol. The molecule has 0 heterocycles. The van der Waals surface area contributed by atoms with Crippen molar-refractivity contribution < 1.29 is 19.1 Å². The molecule has 0 N–H and O–H groups in total. The van der Waals surface area contributed by atoms with E-state index in [1.807, 2.05) is 0 Å².